The van der Waals surface area contributed by atoms with Crippen molar-refractivity contribution in [1.29, 1.82) is 0 Å². The van der Waals surface area contributed by atoms with Gasteiger partial charge in [-0.1, -0.05) is 47.1 Å². The van der Waals surface area contributed by atoms with Crippen LogP contribution in [0.4, 0.5) is 4.39 Å². The van der Waals surface area contributed by atoms with Gasteiger partial charge in [0.25, 0.3) is 0 Å². The van der Waals surface area contributed by atoms with Gasteiger partial charge in [0.05, 0.1) is 6.04 Å². The highest BCUT2D eigenvalue weighted by Gasteiger charge is 2.20. The molecule has 1 unspecified atom stereocenters. The second kappa shape index (κ2) is 6.51. The summed E-state index contributed by atoms with van der Waals surface area (Å²) in [5.41, 5.74) is 4.22. The Kier molecular flexibility index (Phi) is 4.95. The van der Waals surface area contributed by atoms with Crippen LogP contribution >= 0.6 is 15.9 Å². The van der Waals surface area contributed by atoms with Gasteiger partial charge in [-0.05, 0) is 49.2 Å². The maximum atomic E-state index is 14.2. The molecule has 0 spiro atoms. The zero-order valence-corrected chi connectivity index (χ0v) is 13.6. The molecule has 0 fully saturated rings. The summed E-state index contributed by atoms with van der Waals surface area (Å²) in [6, 6.07) is 11.2. The fourth-order valence-corrected chi connectivity index (χ4v) is 2.89. The number of nitrogens with one attached hydrogen (secondary N) is 1. The molecular formula is C17H19BrFN. The Balaban J connectivity index is 2.53. The summed E-state index contributed by atoms with van der Waals surface area (Å²) in [7, 11) is 0. The van der Waals surface area contributed by atoms with Gasteiger partial charge in [-0.2, -0.15) is 0 Å². The van der Waals surface area contributed by atoms with Crippen molar-refractivity contribution in [2.24, 2.45) is 0 Å². The highest BCUT2D eigenvalue weighted by molar-refractivity contribution is 9.10. The van der Waals surface area contributed by atoms with E-state index in [1.165, 1.54) is 17.2 Å². The summed E-state index contributed by atoms with van der Waals surface area (Å²) in [4.78, 5) is 0. The van der Waals surface area contributed by atoms with E-state index in [9.17, 15) is 4.39 Å². The number of hydrogen-bond donors (Lipinski definition) is 1. The Morgan fingerprint density at radius 1 is 1.15 bits per heavy atom. The maximum Gasteiger partial charge on any atom is 0.129 e. The lowest BCUT2D eigenvalue weighted by Crippen LogP contribution is -2.23. The lowest BCUT2D eigenvalue weighted by molar-refractivity contribution is 0.556. The van der Waals surface area contributed by atoms with Gasteiger partial charge in [-0.3, -0.25) is 0 Å². The van der Waals surface area contributed by atoms with E-state index in [1.54, 1.807) is 6.07 Å². The number of benzene rings is 2. The molecule has 106 valence electrons. The number of aryl methyl sites for hydroxylation is 2. The molecular weight excluding hydrogens is 317 g/mol. The molecule has 0 aliphatic carbocycles. The van der Waals surface area contributed by atoms with E-state index in [0.29, 0.717) is 5.56 Å². The van der Waals surface area contributed by atoms with E-state index in [-0.39, 0.29) is 11.9 Å². The molecule has 2 aromatic carbocycles. The average molecular weight is 336 g/mol. The normalized spacial score (nSPS) is 12.4. The quantitative estimate of drug-likeness (QED) is 0.837. The van der Waals surface area contributed by atoms with Crippen LogP contribution in [0.1, 0.15) is 35.2 Å². The molecule has 0 aliphatic heterocycles. The fourth-order valence-electron chi connectivity index (χ4n) is 2.32. The monoisotopic (exact) mass is 335 g/mol. The third kappa shape index (κ3) is 3.10. The van der Waals surface area contributed by atoms with Crippen molar-refractivity contribution in [3.8, 4) is 0 Å². The third-order valence-corrected chi connectivity index (χ3v) is 4.25. The summed E-state index contributed by atoms with van der Waals surface area (Å²) in [6.07, 6.45) is 0. The van der Waals surface area contributed by atoms with Gasteiger partial charge in [0.15, 0.2) is 0 Å². The van der Waals surface area contributed by atoms with E-state index in [1.807, 2.05) is 13.0 Å². The van der Waals surface area contributed by atoms with Crippen LogP contribution < -0.4 is 5.32 Å². The number of hydrogen-bond acceptors (Lipinski definition) is 1. The van der Waals surface area contributed by atoms with Crippen LogP contribution in [0.15, 0.2) is 40.9 Å². The Hall–Kier alpha value is -1.19. The SMILES string of the molecule is CCNC(c1ccc(C)c(C)c1)c1c(F)cccc1Br. The molecule has 0 radical (unpaired) electrons. The van der Waals surface area contributed by atoms with Crippen LogP contribution in [0, 0.1) is 19.7 Å². The Labute approximate surface area is 128 Å². The largest absolute Gasteiger partial charge is 0.306 e. The van der Waals surface area contributed by atoms with E-state index in [0.717, 1.165) is 16.6 Å². The van der Waals surface area contributed by atoms with Crippen molar-refractivity contribution in [1.82, 2.24) is 5.32 Å². The zero-order valence-electron chi connectivity index (χ0n) is 12.0. The van der Waals surface area contributed by atoms with Crippen LogP contribution in [-0.4, -0.2) is 6.54 Å². The van der Waals surface area contributed by atoms with Crippen LogP contribution in [0.3, 0.4) is 0 Å². The molecule has 0 aromatic heterocycles. The van der Waals surface area contributed by atoms with E-state index >= 15 is 0 Å². The molecule has 3 heteroatoms. The minimum atomic E-state index is -0.191. The van der Waals surface area contributed by atoms with Gasteiger partial charge in [0, 0.05) is 10.0 Å². The Morgan fingerprint density at radius 3 is 2.50 bits per heavy atom. The second-order valence-corrected chi connectivity index (χ2v) is 5.82. The lowest BCUT2D eigenvalue weighted by Gasteiger charge is -2.21. The van der Waals surface area contributed by atoms with Gasteiger partial charge >= 0.3 is 0 Å². The van der Waals surface area contributed by atoms with Crippen LogP contribution in [-0.2, 0) is 0 Å². The van der Waals surface area contributed by atoms with Gasteiger partial charge < -0.3 is 5.32 Å². The summed E-state index contributed by atoms with van der Waals surface area (Å²) in [6.45, 7) is 6.97. The number of rotatable bonds is 4. The predicted molar refractivity (Wildman–Crippen MR) is 85.5 cm³/mol. The van der Waals surface area contributed by atoms with Crippen molar-refractivity contribution in [2.45, 2.75) is 26.8 Å². The maximum absolute atomic E-state index is 14.2. The molecule has 2 aromatic rings. The molecule has 0 aliphatic rings. The summed E-state index contributed by atoms with van der Waals surface area (Å²) < 4.78 is 15.0. The summed E-state index contributed by atoms with van der Waals surface area (Å²) in [5, 5.41) is 3.37. The highest BCUT2D eigenvalue weighted by atomic mass is 79.9. The second-order valence-electron chi connectivity index (χ2n) is 4.97. The molecule has 0 saturated heterocycles. The zero-order chi connectivity index (χ0) is 14.7. The first-order valence-corrected chi connectivity index (χ1v) is 7.58. The van der Waals surface area contributed by atoms with E-state index < -0.39 is 0 Å². The molecule has 1 nitrogen and oxygen atoms in total. The van der Waals surface area contributed by atoms with Crippen LogP contribution in [0.2, 0.25) is 0 Å². The van der Waals surface area contributed by atoms with E-state index in [2.05, 4.69) is 53.3 Å². The lowest BCUT2D eigenvalue weighted by atomic mass is 9.95. The minimum Gasteiger partial charge on any atom is -0.306 e. The Morgan fingerprint density at radius 2 is 1.90 bits per heavy atom. The molecule has 0 amide bonds. The molecule has 20 heavy (non-hydrogen) atoms. The first-order valence-electron chi connectivity index (χ1n) is 6.79. The topological polar surface area (TPSA) is 12.0 Å². The minimum absolute atomic E-state index is 0.144. The first-order chi connectivity index (χ1) is 9.54. The van der Waals surface area contributed by atoms with Crippen molar-refractivity contribution in [2.75, 3.05) is 6.54 Å². The predicted octanol–water partition coefficient (Wildman–Crippen LogP) is 4.90. The van der Waals surface area contributed by atoms with Gasteiger partial charge in [0.1, 0.15) is 5.82 Å². The average Bonchev–Trinajstić information content (AvgIpc) is 2.41. The first kappa shape index (κ1) is 15.2. The number of halogens is 2. The van der Waals surface area contributed by atoms with Crippen LogP contribution in [0.25, 0.3) is 0 Å². The molecule has 2 rings (SSSR count). The molecule has 0 heterocycles. The smallest absolute Gasteiger partial charge is 0.129 e. The van der Waals surface area contributed by atoms with Crippen molar-refractivity contribution in [3.63, 3.8) is 0 Å². The van der Waals surface area contributed by atoms with Crippen molar-refractivity contribution < 1.29 is 4.39 Å². The van der Waals surface area contributed by atoms with E-state index in [4.69, 9.17) is 0 Å². The summed E-state index contributed by atoms with van der Waals surface area (Å²) in [5.74, 6) is -0.191. The molecule has 0 bridgehead atoms. The fraction of sp³-hybridized carbons (Fsp3) is 0.294. The van der Waals surface area contributed by atoms with Gasteiger partial charge in [-0.15, -0.1) is 0 Å². The van der Waals surface area contributed by atoms with Crippen molar-refractivity contribution in [3.05, 3.63) is 68.9 Å². The third-order valence-electron chi connectivity index (χ3n) is 3.56. The van der Waals surface area contributed by atoms with Crippen LogP contribution in [0.5, 0.6) is 0 Å². The Bertz CT molecular complexity index is 590. The highest BCUT2D eigenvalue weighted by Crippen LogP contribution is 2.31. The standard InChI is InChI=1S/C17H19BrFN/c1-4-20-17(13-9-8-11(2)12(3)10-13)16-14(18)6-5-7-15(16)19/h5-10,17,20H,4H2,1-3H3. The molecule has 1 N–H and O–H groups in total. The molecule has 1 atom stereocenters. The van der Waals surface area contributed by atoms with Gasteiger partial charge in [0.2, 0.25) is 0 Å². The molecule has 0 saturated carbocycles. The van der Waals surface area contributed by atoms with Gasteiger partial charge in [-0.25, -0.2) is 4.39 Å². The van der Waals surface area contributed by atoms with Crippen molar-refractivity contribution >= 4 is 15.9 Å². The summed E-state index contributed by atoms with van der Waals surface area (Å²) >= 11 is 3.47.